The third kappa shape index (κ3) is 4.36. The molecule has 0 N–H and O–H groups in total. The third-order valence-electron chi connectivity index (χ3n) is 2.75. The van der Waals surface area contributed by atoms with Crippen molar-refractivity contribution >= 4 is 5.97 Å². The fourth-order valence-corrected chi connectivity index (χ4v) is 1.82. The molecule has 0 spiro atoms. The van der Waals surface area contributed by atoms with Crippen molar-refractivity contribution in [1.82, 2.24) is 0 Å². The summed E-state index contributed by atoms with van der Waals surface area (Å²) >= 11 is 0. The zero-order chi connectivity index (χ0) is 18.1. The topological polar surface area (TPSA) is 26.3 Å². The zero-order valence-corrected chi connectivity index (χ0v) is 12.7. The summed E-state index contributed by atoms with van der Waals surface area (Å²) < 4.78 is 91.5. The van der Waals surface area contributed by atoms with Gasteiger partial charge in [-0.05, 0) is 19.3 Å². The van der Waals surface area contributed by atoms with Gasteiger partial charge in [0.1, 0.15) is 6.61 Å². The second-order valence-corrected chi connectivity index (χ2v) is 6.00. The van der Waals surface area contributed by atoms with E-state index in [1.165, 1.54) is 34.6 Å². The lowest BCUT2D eigenvalue weighted by molar-refractivity contribution is -0.349. The van der Waals surface area contributed by atoms with Crippen molar-refractivity contribution in [2.24, 2.45) is 5.41 Å². The van der Waals surface area contributed by atoms with Crippen LogP contribution in [-0.2, 0) is 9.53 Å². The minimum atomic E-state index is -6.25. The molecule has 9 heteroatoms. The van der Waals surface area contributed by atoms with Gasteiger partial charge < -0.3 is 4.74 Å². The Morgan fingerprint density at radius 1 is 0.864 bits per heavy atom. The fourth-order valence-electron chi connectivity index (χ4n) is 1.82. The van der Waals surface area contributed by atoms with Crippen LogP contribution < -0.4 is 0 Å². The minimum absolute atomic E-state index is 0.112. The van der Waals surface area contributed by atoms with Gasteiger partial charge in [0, 0.05) is 5.57 Å². The molecular weight excluding hydrogens is 321 g/mol. The molecule has 0 radical (unpaired) electrons. The van der Waals surface area contributed by atoms with Crippen LogP contribution in [0.5, 0.6) is 0 Å². The molecule has 0 fully saturated rings. The van der Waals surface area contributed by atoms with E-state index in [0.717, 1.165) is 0 Å². The molecule has 0 atom stereocenters. The summed E-state index contributed by atoms with van der Waals surface area (Å²) in [4.78, 5) is 11.8. The number of hydrogen-bond acceptors (Lipinski definition) is 2. The van der Waals surface area contributed by atoms with Crippen LogP contribution in [0.2, 0.25) is 0 Å². The molecule has 0 saturated heterocycles. The fraction of sp³-hybridized carbons (Fsp3) is 0.769. The lowest BCUT2D eigenvalue weighted by Crippen LogP contribution is -2.56. The number of allylic oxidation sites excluding steroid dienone is 1. The Balaban J connectivity index is 5.44. The van der Waals surface area contributed by atoms with E-state index in [1.807, 2.05) is 0 Å². The smallest absolute Gasteiger partial charge is 0.435 e. The molecule has 0 heterocycles. The summed E-state index contributed by atoms with van der Waals surface area (Å²) in [6.45, 7) is 4.97. The van der Waals surface area contributed by atoms with E-state index < -0.39 is 36.0 Å². The molecule has 0 aliphatic carbocycles. The molecule has 0 saturated carbocycles. The van der Waals surface area contributed by atoms with Gasteiger partial charge in [-0.15, -0.1) is 0 Å². The van der Waals surface area contributed by atoms with Gasteiger partial charge in [-0.25, -0.2) is 9.18 Å². The van der Waals surface area contributed by atoms with E-state index in [9.17, 15) is 35.5 Å². The number of carbonyl (C=O) groups excluding carboxylic acids is 1. The summed E-state index contributed by atoms with van der Waals surface area (Å²) in [5.41, 5.74) is -6.26. The number of esters is 1. The first-order chi connectivity index (χ1) is 9.45. The second kappa shape index (κ2) is 6.08. The lowest BCUT2D eigenvalue weighted by Gasteiger charge is -2.30. The predicted octanol–water partition coefficient (Wildman–Crippen LogP) is 4.75. The van der Waals surface area contributed by atoms with Crippen LogP contribution in [0.3, 0.4) is 0 Å². The summed E-state index contributed by atoms with van der Waals surface area (Å²) in [7, 11) is 0. The molecule has 0 rings (SSSR count). The number of carbonyl (C=O) groups is 1. The lowest BCUT2D eigenvalue weighted by atomic mass is 9.84. The number of rotatable bonds is 3. The maximum Gasteiger partial charge on any atom is 0.435 e. The van der Waals surface area contributed by atoms with Crippen LogP contribution in [0.25, 0.3) is 0 Å². The van der Waals surface area contributed by atoms with E-state index in [1.54, 1.807) is 0 Å². The molecule has 2 nitrogen and oxygen atoms in total. The van der Waals surface area contributed by atoms with Gasteiger partial charge >= 0.3 is 24.0 Å². The van der Waals surface area contributed by atoms with Gasteiger partial charge in [-0.1, -0.05) is 26.3 Å². The molecular formula is C13H17F7O2. The van der Waals surface area contributed by atoms with E-state index in [2.05, 4.69) is 4.74 Å². The first kappa shape index (κ1) is 20.7. The van der Waals surface area contributed by atoms with E-state index in [4.69, 9.17) is 0 Å². The Bertz CT molecular complexity index is 434. The number of halogens is 7. The molecule has 0 amide bonds. The number of hydrogen-bond donors (Lipinski definition) is 0. The van der Waals surface area contributed by atoms with Gasteiger partial charge in [0.2, 0.25) is 0 Å². The van der Waals surface area contributed by atoms with Crippen LogP contribution in [-0.4, -0.2) is 30.6 Å². The highest BCUT2D eigenvalue weighted by molar-refractivity contribution is 5.90. The van der Waals surface area contributed by atoms with E-state index in [-0.39, 0.29) is 5.57 Å². The maximum absolute atomic E-state index is 13.4. The third-order valence-corrected chi connectivity index (χ3v) is 2.75. The summed E-state index contributed by atoms with van der Waals surface area (Å²) in [6.07, 6.45) is -12.5. The Morgan fingerprint density at radius 3 is 1.45 bits per heavy atom. The Hall–Kier alpha value is -1.28. The number of ether oxygens (including phenoxy) is 1. The van der Waals surface area contributed by atoms with Crippen molar-refractivity contribution in [2.75, 3.05) is 6.61 Å². The maximum atomic E-state index is 13.4. The first-order valence-electron chi connectivity index (χ1n) is 6.12. The quantitative estimate of drug-likeness (QED) is 0.422. The highest BCUT2D eigenvalue weighted by Gasteiger charge is 2.73. The molecule has 0 aromatic heterocycles. The molecule has 130 valence electrons. The van der Waals surface area contributed by atoms with Crippen molar-refractivity contribution < 1.29 is 40.3 Å². The Morgan fingerprint density at radius 2 is 1.23 bits per heavy atom. The molecule has 0 aliphatic rings. The van der Waals surface area contributed by atoms with Gasteiger partial charge in [-0.3, -0.25) is 0 Å². The largest absolute Gasteiger partial charge is 0.458 e. The van der Waals surface area contributed by atoms with Crippen LogP contribution in [0, 0.1) is 5.41 Å². The van der Waals surface area contributed by atoms with E-state index in [0.29, 0.717) is 5.57 Å². The Kier molecular flexibility index (Phi) is 5.72. The standard InChI is InChI=1S/C13H17F7O2/c1-7(2)8(10(3,4)5)9(21)22-6-11(14,12(15,16)17)13(18,19)20/h6H2,1-5H3. The van der Waals surface area contributed by atoms with Crippen molar-refractivity contribution in [3.63, 3.8) is 0 Å². The number of alkyl halides is 7. The molecule has 22 heavy (non-hydrogen) atoms. The highest BCUT2D eigenvalue weighted by Crippen LogP contribution is 2.46. The van der Waals surface area contributed by atoms with Gasteiger partial charge in [-0.2, -0.15) is 26.3 Å². The molecule has 0 aromatic rings. The highest BCUT2D eigenvalue weighted by atomic mass is 19.4. The average Bonchev–Trinajstić information content (AvgIpc) is 2.19. The van der Waals surface area contributed by atoms with Gasteiger partial charge in [0.25, 0.3) is 0 Å². The first-order valence-corrected chi connectivity index (χ1v) is 6.12. The van der Waals surface area contributed by atoms with Crippen molar-refractivity contribution in [3.05, 3.63) is 11.1 Å². The molecule has 0 unspecified atom stereocenters. The van der Waals surface area contributed by atoms with Crippen LogP contribution in [0.1, 0.15) is 34.6 Å². The average molecular weight is 338 g/mol. The van der Waals surface area contributed by atoms with Crippen molar-refractivity contribution in [1.29, 1.82) is 0 Å². The molecule has 0 bridgehead atoms. The van der Waals surface area contributed by atoms with Gasteiger partial charge in [0.15, 0.2) is 0 Å². The molecule has 0 aliphatic heterocycles. The normalized spacial score (nSPS) is 13.8. The minimum Gasteiger partial charge on any atom is -0.458 e. The SMILES string of the molecule is CC(C)=C(C(=O)OCC(F)(C(F)(F)F)C(F)(F)F)C(C)(C)C. The van der Waals surface area contributed by atoms with E-state index >= 15 is 0 Å². The van der Waals surface area contributed by atoms with Crippen LogP contribution in [0.15, 0.2) is 11.1 Å². The van der Waals surface area contributed by atoms with Gasteiger partial charge in [0.05, 0.1) is 0 Å². The summed E-state index contributed by atoms with van der Waals surface area (Å²) in [5, 5.41) is 0. The van der Waals surface area contributed by atoms with Crippen LogP contribution in [0.4, 0.5) is 30.7 Å². The Labute approximate surface area is 123 Å². The monoisotopic (exact) mass is 338 g/mol. The zero-order valence-electron chi connectivity index (χ0n) is 12.7. The van der Waals surface area contributed by atoms with Crippen molar-refractivity contribution in [3.8, 4) is 0 Å². The second-order valence-electron chi connectivity index (χ2n) is 6.00. The molecule has 0 aromatic carbocycles. The summed E-state index contributed by atoms with van der Waals surface area (Å²) in [5.74, 6) is -1.41. The predicted molar refractivity (Wildman–Crippen MR) is 64.7 cm³/mol. The van der Waals surface area contributed by atoms with Crippen LogP contribution >= 0.6 is 0 Å². The summed E-state index contributed by atoms with van der Waals surface area (Å²) in [6, 6.07) is 0. The van der Waals surface area contributed by atoms with Crippen molar-refractivity contribution in [2.45, 2.75) is 52.6 Å².